The number of rotatable bonds is 17. The van der Waals surface area contributed by atoms with E-state index in [1.54, 1.807) is 44.1 Å². The minimum atomic E-state index is -4.23. The fraction of sp³-hybridized carbons (Fsp3) is 0.548. The highest BCUT2D eigenvalue weighted by molar-refractivity contribution is 7.89. The molecule has 2 rings (SSSR count). The third-order valence-electron chi connectivity index (χ3n) is 7.56. The second-order valence-corrected chi connectivity index (χ2v) is 12.8. The van der Waals surface area contributed by atoms with Crippen LogP contribution < -0.4 is 5.32 Å². The van der Waals surface area contributed by atoms with Crippen LogP contribution in [-0.4, -0.2) is 79.6 Å². The molecule has 0 spiro atoms. The van der Waals surface area contributed by atoms with E-state index < -0.39 is 32.9 Å². The van der Waals surface area contributed by atoms with Crippen LogP contribution in [0.1, 0.15) is 64.9 Å². The summed E-state index contributed by atoms with van der Waals surface area (Å²) in [5, 5.41) is 14.4. The van der Waals surface area contributed by atoms with Gasteiger partial charge in [-0.25, -0.2) is 13.5 Å². The Kier molecular flexibility index (Phi) is 13.0. The van der Waals surface area contributed by atoms with Crippen molar-refractivity contribution >= 4 is 21.8 Å². The topological polar surface area (TPSA) is 110 Å². The molecule has 0 saturated carbocycles. The van der Waals surface area contributed by atoms with Gasteiger partial charge in [0.05, 0.1) is 16.9 Å². The first kappa shape index (κ1) is 34.4. The monoisotopic (exact) mass is 588 g/mol. The molecule has 0 radical (unpaired) electrons. The fourth-order valence-electron chi connectivity index (χ4n) is 5.80. The Morgan fingerprint density at radius 1 is 0.878 bits per heavy atom. The summed E-state index contributed by atoms with van der Waals surface area (Å²) < 4.78 is 30.6. The number of nitrogens with zero attached hydrogens (tertiary/aromatic N) is 3. The molecule has 0 aromatic heterocycles. The maximum absolute atomic E-state index is 14.6. The van der Waals surface area contributed by atoms with Gasteiger partial charge in [0.2, 0.25) is 15.9 Å². The van der Waals surface area contributed by atoms with E-state index >= 15 is 0 Å². The predicted octanol–water partition coefficient (Wildman–Crippen LogP) is 4.53. The van der Waals surface area contributed by atoms with E-state index in [0.29, 0.717) is 17.9 Å². The molecular weight excluding hydrogens is 540 g/mol. The molecule has 0 aliphatic carbocycles. The molecule has 10 heteroatoms. The molecule has 0 bridgehead atoms. The molecule has 2 aromatic carbocycles. The molecule has 2 unspecified atom stereocenters. The fourth-order valence-corrected chi connectivity index (χ4v) is 7.69. The van der Waals surface area contributed by atoms with Gasteiger partial charge in [0.25, 0.3) is 5.91 Å². The quantitative estimate of drug-likeness (QED) is 0.122. The number of hydrogen-bond donors (Lipinski definition) is 2. The standard InChI is InChI=1S/C31H48N4O5S/c1-7-10-17-23-35(41(39,40)27-20-15-12-16-21-27)31(9-3,32-28(36)25-33(4)5)30(22-8-2,29(37)34(6)38)24-26-18-13-11-14-19-26/h11-16,18-21,38H,7-10,17,22-25H2,1-6H3,(H,32,36). The minimum Gasteiger partial charge on any atom is -0.335 e. The zero-order valence-electron chi connectivity index (χ0n) is 25.5. The van der Waals surface area contributed by atoms with Crippen LogP contribution in [0.5, 0.6) is 0 Å². The third kappa shape index (κ3) is 7.94. The van der Waals surface area contributed by atoms with E-state index in [1.165, 1.54) is 23.5 Å². The molecule has 0 aliphatic rings. The maximum atomic E-state index is 14.6. The number of nitrogens with one attached hydrogen (secondary N) is 1. The minimum absolute atomic E-state index is 0.00731. The van der Waals surface area contributed by atoms with Crippen molar-refractivity contribution in [2.24, 2.45) is 5.41 Å². The van der Waals surface area contributed by atoms with Gasteiger partial charge in [0.15, 0.2) is 0 Å². The second-order valence-electron chi connectivity index (χ2n) is 10.9. The molecule has 2 N–H and O–H groups in total. The normalized spacial score (nSPS) is 14.9. The summed E-state index contributed by atoms with van der Waals surface area (Å²) in [6, 6.07) is 17.5. The Balaban J connectivity index is 3.04. The van der Waals surface area contributed by atoms with Gasteiger partial charge in [-0.2, -0.15) is 4.31 Å². The van der Waals surface area contributed by atoms with E-state index in [0.717, 1.165) is 18.4 Å². The van der Waals surface area contributed by atoms with Crippen LogP contribution in [0.25, 0.3) is 0 Å². The molecule has 2 atom stereocenters. The van der Waals surface area contributed by atoms with Crippen LogP contribution in [-0.2, 0) is 26.0 Å². The lowest BCUT2D eigenvalue weighted by atomic mass is 9.65. The Bertz CT molecular complexity index is 1210. The van der Waals surface area contributed by atoms with Crippen molar-refractivity contribution in [2.45, 2.75) is 76.3 Å². The van der Waals surface area contributed by atoms with Gasteiger partial charge in [-0.05, 0) is 57.5 Å². The van der Waals surface area contributed by atoms with E-state index in [2.05, 4.69) is 5.32 Å². The number of hydrogen-bond acceptors (Lipinski definition) is 6. The molecule has 2 amide bonds. The molecule has 9 nitrogen and oxygen atoms in total. The summed E-state index contributed by atoms with van der Waals surface area (Å²) in [6.07, 6.45) is 3.08. The van der Waals surface area contributed by atoms with Crippen molar-refractivity contribution < 1.29 is 23.2 Å². The summed E-state index contributed by atoms with van der Waals surface area (Å²) in [7, 11) is 0.537. The summed E-state index contributed by atoms with van der Waals surface area (Å²) in [6.45, 7) is 5.82. The summed E-state index contributed by atoms with van der Waals surface area (Å²) in [4.78, 5) is 29.8. The van der Waals surface area contributed by atoms with Gasteiger partial charge in [-0.15, -0.1) is 0 Å². The van der Waals surface area contributed by atoms with Gasteiger partial charge in [0, 0.05) is 13.6 Å². The molecule has 0 saturated heterocycles. The van der Waals surface area contributed by atoms with E-state index in [9.17, 15) is 23.2 Å². The maximum Gasteiger partial charge on any atom is 0.256 e. The highest BCUT2D eigenvalue weighted by Gasteiger charge is 2.62. The number of carbonyl (C=O) groups excluding carboxylic acids is 2. The average molecular weight is 589 g/mol. The molecule has 0 fully saturated rings. The lowest BCUT2D eigenvalue weighted by molar-refractivity contribution is -0.184. The second kappa shape index (κ2) is 15.4. The Morgan fingerprint density at radius 2 is 1.46 bits per heavy atom. The van der Waals surface area contributed by atoms with Crippen LogP contribution in [0.4, 0.5) is 0 Å². The number of hydroxylamine groups is 2. The highest BCUT2D eigenvalue weighted by atomic mass is 32.2. The van der Waals surface area contributed by atoms with Crippen LogP contribution in [0.15, 0.2) is 65.6 Å². The summed E-state index contributed by atoms with van der Waals surface area (Å²) in [5.41, 5.74) is -2.46. The largest absolute Gasteiger partial charge is 0.335 e. The molecule has 0 aliphatic heterocycles. The lowest BCUT2D eigenvalue weighted by Crippen LogP contribution is -2.74. The average Bonchev–Trinajstić information content (AvgIpc) is 2.94. The van der Waals surface area contributed by atoms with Crippen LogP contribution in [0, 0.1) is 5.41 Å². The number of benzene rings is 2. The van der Waals surface area contributed by atoms with Gasteiger partial charge < -0.3 is 10.2 Å². The SMILES string of the molecule is CCCCCN(C(CC)(NC(=O)CN(C)C)C(CCC)(Cc1ccccc1)C(=O)N(C)O)S(=O)(=O)c1ccccc1. The van der Waals surface area contributed by atoms with E-state index in [-0.39, 0.29) is 37.2 Å². The smallest absolute Gasteiger partial charge is 0.256 e. The lowest BCUT2D eigenvalue weighted by Gasteiger charge is -2.55. The Hall–Kier alpha value is -2.79. The molecular formula is C31H48N4O5S. The first-order valence-electron chi connectivity index (χ1n) is 14.5. The van der Waals surface area contributed by atoms with Crippen molar-refractivity contribution in [3.63, 3.8) is 0 Å². The van der Waals surface area contributed by atoms with Crippen LogP contribution in [0.2, 0.25) is 0 Å². The van der Waals surface area contributed by atoms with Gasteiger partial charge in [0.1, 0.15) is 5.66 Å². The molecule has 228 valence electrons. The van der Waals surface area contributed by atoms with E-state index in [4.69, 9.17) is 0 Å². The van der Waals surface area contributed by atoms with Crippen molar-refractivity contribution in [1.29, 1.82) is 0 Å². The number of likely N-dealkylation sites (N-methyl/N-ethyl adjacent to an activating group) is 1. The number of sulfonamides is 1. The van der Waals surface area contributed by atoms with Crippen molar-refractivity contribution in [3.8, 4) is 0 Å². The zero-order chi connectivity index (χ0) is 30.7. The highest BCUT2D eigenvalue weighted by Crippen LogP contribution is 2.47. The molecule has 0 heterocycles. The van der Waals surface area contributed by atoms with Crippen LogP contribution in [0.3, 0.4) is 0 Å². The summed E-state index contributed by atoms with van der Waals surface area (Å²) in [5.74, 6) is -1.07. The van der Waals surface area contributed by atoms with Crippen LogP contribution >= 0.6 is 0 Å². The Labute approximate surface area is 246 Å². The Morgan fingerprint density at radius 3 is 1.95 bits per heavy atom. The van der Waals surface area contributed by atoms with Gasteiger partial charge in [-0.1, -0.05) is 88.6 Å². The predicted molar refractivity (Wildman–Crippen MR) is 162 cm³/mol. The number of amides is 2. The van der Waals surface area contributed by atoms with Crippen molar-refractivity contribution in [1.82, 2.24) is 19.6 Å². The first-order chi connectivity index (χ1) is 19.4. The number of unbranched alkanes of at least 4 members (excludes halogenated alkanes) is 2. The molecule has 41 heavy (non-hydrogen) atoms. The summed E-state index contributed by atoms with van der Waals surface area (Å²) >= 11 is 0. The van der Waals surface area contributed by atoms with Crippen molar-refractivity contribution in [3.05, 3.63) is 66.2 Å². The zero-order valence-corrected chi connectivity index (χ0v) is 26.3. The first-order valence-corrected chi connectivity index (χ1v) is 15.9. The molecule has 2 aromatic rings. The number of carbonyl (C=O) groups is 2. The third-order valence-corrected chi connectivity index (χ3v) is 9.50. The van der Waals surface area contributed by atoms with E-state index in [1.807, 2.05) is 44.2 Å². The van der Waals surface area contributed by atoms with Crippen molar-refractivity contribution in [2.75, 3.05) is 34.2 Å². The van der Waals surface area contributed by atoms with Gasteiger partial charge >= 0.3 is 0 Å². The van der Waals surface area contributed by atoms with Gasteiger partial charge in [-0.3, -0.25) is 14.8 Å².